The first kappa shape index (κ1) is 16.5. The van der Waals surface area contributed by atoms with Gasteiger partial charge in [-0.25, -0.2) is 0 Å². The molecule has 0 saturated carbocycles. The maximum absolute atomic E-state index is 11.3. The van der Waals surface area contributed by atoms with Gasteiger partial charge in [-0.2, -0.15) is 0 Å². The van der Waals surface area contributed by atoms with Gasteiger partial charge in [-0.15, -0.1) is 0 Å². The molecule has 2 N–H and O–H groups in total. The summed E-state index contributed by atoms with van der Waals surface area (Å²) < 4.78 is 0. The first-order chi connectivity index (χ1) is 9.65. The highest BCUT2D eigenvalue weighted by Gasteiger charge is 2.03. The molecule has 0 fully saturated rings. The number of rotatable bonds is 9. The molecule has 1 aromatic rings. The minimum atomic E-state index is 0.0509. The number of carbonyl (C=O) groups excluding carboxylic acids is 1. The zero-order chi connectivity index (χ0) is 14.8. The molecule has 20 heavy (non-hydrogen) atoms. The molecular formula is C17H28N2O. The fraction of sp³-hybridized carbons (Fsp3) is 0.588. The van der Waals surface area contributed by atoms with Crippen molar-refractivity contribution in [1.82, 2.24) is 0 Å². The minimum absolute atomic E-state index is 0.0509. The van der Waals surface area contributed by atoms with E-state index in [0.717, 1.165) is 11.4 Å². The van der Waals surface area contributed by atoms with E-state index in [9.17, 15) is 4.79 Å². The molecule has 1 amide bonds. The molecule has 0 spiro atoms. The van der Waals surface area contributed by atoms with Crippen LogP contribution in [0.1, 0.15) is 59.3 Å². The third-order valence-corrected chi connectivity index (χ3v) is 3.39. The Morgan fingerprint density at radius 3 is 2.30 bits per heavy atom. The van der Waals surface area contributed by atoms with Gasteiger partial charge in [0, 0.05) is 23.8 Å². The van der Waals surface area contributed by atoms with Gasteiger partial charge in [-0.1, -0.05) is 39.5 Å². The molecule has 0 saturated heterocycles. The van der Waals surface area contributed by atoms with Crippen molar-refractivity contribution in [2.75, 3.05) is 10.6 Å². The van der Waals surface area contributed by atoms with Crippen LogP contribution in [-0.2, 0) is 4.79 Å². The summed E-state index contributed by atoms with van der Waals surface area (Å²) in [6, 6.07) is 8.42. The van der Waals surface area contributed by atoms with Crippen LogP contribution in [0.15, 0.2) is 24.3 Å². The summed E-state index contributed by atoms with van der Waals surface area (Å²) in [6.45, 7) is 6.31. The number of unbranched alkanes of at least 4 members (excludes halogenated alkanes) is 3. The highest BCUT2D eigenvalue weighted by atomic mass is 16.1. The summed E-state index contributed by atoms with van der Waals surface area (Å²) in [5, 5.41) is 6.35. The molecule has 1 atom stereocenters. The third kappa shape index (κ3) is 6.60. The Labute approximate surface area is 123 Å². The zero-order valence-corrected chi connectivity index (χ0v) is 13.0. The van der Waals surface area contributed by atoms with E-state index in [1.165, 1.54) is 32.1 Å². The monoisotopic (exact) mass is 276 g/mol. The smallest absolute Gasteiger partial charge is 0.224 e. The van der Waals surface area contributed by atoms with Gasteiger partial charge in [0.2, 0.25) is 5.91 Å². The maximum Gasteiger partial charge on any atom is 0.224 e. The fourth-order valence-electron chi connectivity index (χ4n) is 2.13. The molecule has 1 rings (SSSR count). The van der Waals surface area contributed by atoms with Gasteiger partial charge in [0.15, 0.2) is 0 Å². The lowest BCUT2D eigenvalue weighted by molar-refractivity contribution is -0.115. The van der Waals surface area contributed by atoms with Crippen molar-refractivity contribution in [3.05, 3.63) is 24.3 Å². The molecule has 3 nitrogen and oxygen atoms in total. The van der Waals surface area contributed by atoms with Crippen molar-refractivity contribution in [3.8, 4) is 0 Å². The van der Waals surface area contributed by atoms with Crippen molar-refractivity contribution in [2.24, 2.45) is 0 Å². The minimum Gasteiger partial charge on any atom is -0.383 e. The van der Waals surface area contributed by atoms with Crippen molar-refractivity contribution in [3.63, 3.8) is 0 Å². The average molecular weight is 276 g/mol. The van der Waals surface area contributed by atoms with Gasteiger partial charge < -0.3 is 10.6 Å². The second-order valence-corrected chi connectivity index (χ2v) is 5.37. The molecule has 0 heterocycles. The SMILES string of the molecule is CCCCCCC(C)Nc1ccc(NC(=O)CC)cc1. The molecule has 0 aliphatic heterocycles. The summed E-state index contributed by atoms with van der Waals surface area (Å²) in [4.78, 5) is 11.3. The largest absolute Gasteiger partial charge is 0.383 e. The summed E-state index contributed by atoms with van der Waals surface area (Å²) in [6.07, 6.45) is 6.94. The number of hydrogen-bond donors (Lipinski definition) is 2. The van der Waals surface area contributed by atoms with Gasteiger partial charge in [-0.05, 0) is 37.6 Å². The van der Waals surface area contributed by atoms with Crippen LogP contribution in [0.2, 0.25) is 0 Å². The van der Waals surface area contributed by atoms with Crippen LogP contribution in [0.3, 0.4) is 0 Å². The molecule has 1 aromatic carbocycles. The van der Waals surface area contributed by atoms with Gasteiger partial charge in [0.05, 0.1) is 0 Å². The van der Waals surface area contributed by atoms with E-state index < -0.39 is 0 Å². The molecule has 0 aliphatic carbocycles. The first-order valence-electron chi connectivity index (χ1n) is 7.82. The number of amides is 1. The summed E-state index contributed by atoms with van der Waals surface area (Å²) in [5.74, 6) is 0.0509. The highest BCUT2D eigenvalue weighted by molar-refractivity contribution is 5.90. The summed E-state index contributed by atoms with van der Waals surface area (Å²) >= 11 is 0. The average Bonchev–Trinajstić information content (AvgIpc) is 2.45. The van der Waals surface area contributed by atoms with E-state index in [-0.39, 0.29) is 5.91 Å². The van der Waals surface area contributed by atoms with E-state index >= 15 is 0 Å². The molecule has 0 bridgehead atoms. The Hall–Kier alpha value is -1.51. The highest BCUT2D eigenvalue weighted by Crippen LogP contribution is 2.16. The Bertz CT molecular complexity index is 386. The van der Waals surface area contributed by atoms with Crippen LogP contribution in [0.25, 0.3) is 0 Å². The standard InChI is InChI=1S/C17H28N2O/c1-4-6-7-8-9-14(3)18-15-10-12-16(13-11-15)19-17(20)5-2/h10-14,18H,4-9H2,1-3H3,(H,19,20). The predicted molar refractivity (Wildman–Crippen MR) is 87.2 cm³/mol. The van der Waals surface area contributed by atoms with Crippen molar-refractivity contribution in [1.29, 1.82) is 0 Å². The molecule has 3 heteroatoms. The molecule has 112 valence electrons. The lowest BCUT2D eigenvalue weighted by Crippen LogP contribution is -2.15. The van der Waals surface area contributed by atoms with Crippen LogP contribution >= 0.6 is 0 Å². The van der Waals surface area contributed by atoms with Crippen molar-refractivity contribution < 1.29 is 4.79 Å². The van der Waals surface area contributed by atoms with Gasteiger partial charge in [-0.3, -0.25) is 4.79 Å². The topological polar surface area (TPSA) is 41.1 Å². The van der Waals surface area contributed by atoms with Crippen molar-refractivity contribution in [2.45, 2.75) is 65.3 Å². The van der Waals surface area contributed by atoms with E-state index in [0.29, 0.717) is 12.5 Å². The Morgan fingerprint density at radius 2 is 1.70 bits per heavy atom. The van der Waals surface area contributed by atoms with Crippen LogP contribution in [-0.4, -0.2) is 11.9 Å². The number of anilines is 2. The van der Waals surface area contributed by atoms with Crippen LogP contribution in [0.4, 0.5) is 11.4 Å². The Kier molecular flexibility index (Phi) is 7.78. The molecule has 1 unspecified atom stereocenters. The third-order valence-electron chi connectivity index (χ3n) is 3.39. The van der Waals surface area contributed by atoms with Crippen LogP contribution in [0, 0.1) is 0 Å². The van der Waals surface area contributed by atoms with Gasteiger partial charge in [0.1, 0.15) is 0 Å². The zero-order valence-electron chi connectivity index (χ0n) is 13.0. The molecule has 0 aromatic heterocycles. The Morgan fingerprint density at radius 1 is 1.05 bits per heavy atom. The Balaban J connectivity index is 2.35. The summed E-state index contributed by atoms with van der Waals surface area (Å²) in [7, 11) is 0. The van der Waals surface area contributed by atoms with Gasteiger partial charge in [0.25, 0.3) is 0 Å². The molecule has 0 aliphatic rings. The second-order valence-electron chi connectivity index (χ2n) is 5.37. The normalized spacial score (nSPS) is 11.9. The number of carbonyl (C=O) groups is 1. The van der Waals surface area contributed by atoms with Gasteiger partial charge >= 0.3 is 0 Å². The number of hydrogen-bond acceptors (Lipinski definition) is 2. The number of benzene rings is 1. The maximum atomic E-state index is 11.3. The fourth-order valence-corrected chi connectivity index (χ4v) is 2.13. The van der Waals surface area contributed by atoms with E-state index in [4.69, 9.17) is 0 Å². The quantitative estimate of drug-likeness (QED) is 0.636. The first-order valence-corrected chi connectivity index (χ1v) is 7.82. The van der Waals surface area contributed by atoms with E-state index in [2.05, 4.69) is 24.5 Å². The molecular weight excluding hydrogens is 248 g/mol. The number of nitrogens with one attached hydrogen (secondary N) is 2. The lowest BCUT2D eigenvalue weighted by Gasteiger charge is -2.15. The molecule has 0 radical (unpaired) electrons. The van der Waals surface area contributed by atoms with E-state index in [1.54, 1.807) is 0 Å². The lowest BCUT2D eigenvalue weighted by atomic mass is 10.1. The van der Waals surface area contributed by atoms with Crippen molar-refractivity contribution >= 4 is 17.3 Å². The summed E-state index contributed by atoms with van der Waals surface area (Å²) in [5.41, 5.74) is 1.97. The van der Waals surface area contributed by atoms with Crippen LogP contribution in [0.5, 0.6) is 0 Å². The predicted octanol–water partition coefficient (Wildman–Crippen LogP) is 4.81. The second kappa shape index (κ2) is 9.40. The van der Waals surface area contributed by atoms with E-state index in [1.807, 2.05) is 31.2 Å². The van der Waals surface area contributed by atoms with Crippen LogP contribution < -0.4 is 10.6 Å².